The third-order valence-electron chi connectivity index (χ3n) is 3.60. The third kappa shape index (κ3) is 2.56. The van der Waals surface area contributed by atoms with E-state index in [9.17, 15) is 4.79 Å². The molecule has 0 aliphatic rings. The van der Waals surface area contributed by atoms with Gasteiger partial charge in [0.15, 0.2) is 6.29 Å². The van der Waals surface area contributed by atoms with Crippen molar-refractivity contribution in [3.05, 3.63) is 46.1 Å². The van der Waals surface area contributed by atoms with Gasteiger partial charge in [0, 0.05) is 19.1 Å². The zero-order valence-corrected chi connectivity index (χ0v) is 12.8. The first-order chi connectivity index (χ1) is 9.45. The van der Waals surface area contributed by atoms with Gasteiger partial charge >= 0.3 is 0 Å². The molecule has 2 rings (SSSR count). The molecule has 0 amide bonds. The lowest BCUT2D eigenvalue weighted by Crippen LogP contribution is -2.25. The number of halogens is 1. The fourth-order valence-corrected chi connectivity index (χ4v) is 2.59. The number of aldehydes is 1. The Morgan fingerprint density at radius 1 is 1.45 bits per heavy atom. The van der Waals surface area contributed by atoms with Crippen molar-refractivity contribution < 1.29 is 4.79 Å². The number of rotatable bonds is 4. The topological polar surface area (TPSA) is 38.1 Å². The van der Waals surface area contributed by atoms with Crippen LogP contribution in [0.5, 0.6) is 0 Å². The van der Waals surface area contributed by atoms with Gasteiger partial charge < -0.3 is 4.90 Å². The first kappa shape index (κ1) is 14.6. The smallest absolute Gasteiger partial charge is 0.155 e. The van der Waals surface area contributed by atoms with Crippen molar-refractivity contribution in [2.45, 2.75) is 19.9 Å². The number of carbonyl (C=O) groups is 1. The Morgan fingerprint density at radius 2 is 2.15 bits per heavy atom. The molecule has 1 aromatic carbocycles. The number of hydrogen-bond acceptors (Lipinski definition) is 3. The number of benzene rings is 1. The summed E-state index contributed by atoms with van der Waals surface area (Å²) in [4.78, 5) is 13.3. The second-order valence-corrected chi connectivity index (χ2v) is 5.34. The SMILES string of the molecule is Cc1nn(C)c(N(C)C(C)c2cccc(Cl)c2)c1C=O. The molecule has 106 valence electrons. The highest BCUT2D eigenvalue weighted by Gasteiger charge is 2.21. The highest BCUT2D eigenvalue weighted by atomic mass is 35.5. The maximum Gasteiger partial charge on any atom is 0.155 e. The second kappa shape index (κ2) is 5.67. The molecule has 0 aliphatic heterocycles. The first-order valence-corrected chi connectivity index (χ1v) is 6.80. The summed E-state index contributed by atoms with van der Waals surface area (Å²) in [5.74, 6) is 0.810. The van der Waals surface area contributed by atoms with Crippen LogP contribution in [0.1, 0.15) is 34.6 Å². The largest absolute Gasteiger partial charge is 0.353 e. The normalized spacial score (nSPS) is 12.2. The molecule has 0 spiro atoms. The Balaban J connectivity index is 2.41. The number of nitrogens with zero attached hydrogens (tertiary/aromatic N) is 3. The summed E-state index contributed by atoms with van der Waals surface area (Å²) < 4.78 is 1.74. The number of aryl methyl sites for hydroxylation is 2. The number of aromatic nitrogens is 2. The number of carbonyl (C=O) groups excluding carboxylic acids is 1. The summed E-state index contributed by atoms with van der Waals surface area (Å²) >= 11 is 6.04. The molecule has 1 atom stereocenters. The van der Waals surface area contributed by atoms with Crippen LogP contribution in [0.25, 0.3) is 0 Å². The lowest BCUT2D eigenvalue weighted by atomic mass is 10.1. The van der Waals surface area contributed by atoms with Crippen molar-refractivity contribution in [2.75, 3.05) is 11.9 Å². The maximum atomic E-state index is 11.3. The van der Waals surface area contributed by atoms with Crippen LogP contribution in [0, 0.1) is 6.92 Å². The highest BCUT2D eigenvalue weighted by Crippen LogP contribution is 2.29. The lowest BCUT2D eigenvalue weighted by molar-refractivity contribution is 0.112. The van der Waals surface area contributed by atoms with Gasteiger partial charge in [-0.3, -0.25) is 9.48 Å². The third-order valence-corrected chi connectivity index (χ3v) is 3.84. The molecule has 0 radical (unpaired) electrons. The Morgan fingerprint density at radius 3 is 2.75 bits per heavy atom. The van der Waals surface area contributed by atoms with Gasteiger partial charge in [-0.2, -0.15) is 5.10 Å². The Bertz CT molecular complexity index is 636. The minimum absolute atomic E-state index is 0.0854. The maximum absolute atomic E-state index is 11.3. The van der Waals surface area contributed by atoms with Gasteiger partial charge in [0.25, 0.3) is 0 Å². The van der Waals surface area contributed by atoms with E-state index >= 15 is 0 Å². The van der Waals surface area contributed by atoms with E-state index in [0.29, 0.717) is 10.6 Å². The molecule has 2 aromatic rings. The molecule has 5 heteroatoms. The van der Waals surface area contributed by atoms with Gasteiger partial charge in [-0.25, -0.2) is 0 Å². The van der Waals surface area contributed by atoms with E-state index in [2.05, 4.69) is 12.0 Å². The molecule has 1 unspecified atom stereocenters. The van der Waals surface area contributed by atoms with Crippen LogP contribution in [0.2, 0.25) is 5.02 Å². The van der Waals surface area contributed by atoms with Crippen LogP contribution in [-0.4, -0.2) is 23.1 Å². The Labute approximate surface area is 124 Å². The molecule has 4 nitrogen and oxygen atoms in total. The Kier molecular flexibility index (Phi) is 4.14. The molecule has 0 aliphatic carbocycles. The van der Waals surface area contributed by atoms with Crippen LogP contribution < -0.4 is 4.90 Å². The van der Waals surface area contributed by atoms with Crippen LogP contribution in [0.3, 0.4) is 0 Å². The molecule has 1 aromatic heterocycles. The van der Waals surface area contributed by atoms with Crippen LogP contribution in [-0.2, 0) is 7.05 Å². The van der Waals surface area contributed by atoms with Crippen LogP contribution >= 0.6 is 11.6 Å². The fourth-order valence-electron chi connectivity index (χ4n) is 2.39. The average Bonchev–Trinajstić information content (AvgIpc) is 2.71. The lowest BCUT2D eigenvalue weighted by Gasteiger charge is -2.27. The minimum atomic E-state index is 0.0854. The highest BCUT2D eigenvalue weighted by molar-refractivity contribution is 6.30. The minimum Gasteiger partial charge on any atom is -0.353 e. The molecule has 0 N–H and O–H groups in total. The van der Waals surface area contributed by atoms with Gasteiger partial charge in [-0.1, -0.05) is 23.7 Å². The summed E-state index contributed by atoms with van der Waals surface area (Å²) in [6.45, 7) is 3.91. The average molecular weight is 292 g/mol. The summed E-state index contributed by atoms with van der Waals surface area (Å²) in [5.41, 5.74) is 2.46. The summed E-state index contributed by atoms with van der Waals surface area (Å²) in [5, 5.41) is 5.02. The summed E-state index contributed by atoms with van der Waals surface area (Å²) in [6.07, 6.45) is 0.860. The molecule has 0 fully saturated rings. The standard InChI is InChI=1S/C15H18ClN3O/c1-10-14(9-20)15(19(4)17-10)18(3)11(2)12-6-5-7-13(16)8-12/h5-9,11H,1-4H3. The molecule has 1 heterocycles. The van der Waals surface area contributed by atoms with Crippen molar-refractivity contribution in [1.29, 1.82) is 0 Å². The summed E-state index contributed by atoms with van der Waals surface area (Å²) in [6, 6.07) is 7.82. The van der Waals surface area contributed by atoms with E-state index < -0.39 is 0 Å². The van der Waals surface area contributed by atoms with Gasteiger partial charge in [0.2, 0.25) is 0 Å². The Hall–Kier alpha value is -1.81. The van der Waals surface area contributed by atoms with Crippen molar-refractivity contribution in [3.63, 3.8) is 0 Å². The quantitative estimate of drug-likeness (QED) is 0.811. The summed E-state index contributed by atoms with van der Waals surface area (Å²) in [7, 11) is 3.80. The molecular formula is C15H18ClN3O. The predicted molar refractivity (Wildman–Crippen MR) is 81.6 cm³/mol. The van der Waals surface area contributed by atoms with Crippen LogP contribution in [0.4, 0.5) is 5.82 Å². The van der Waals surface area contributed by atoms with E-state index in [-0.39, 0.29) is 6.04 Å². The van der Waals surface area contributed by atoms with E-state index in [1.165, 1.54) is 0 Å². The van der Waals surface area contributed by atoms with Gasteiger partial charge in [-0.05, 0) is 31.5 Å². The van der Waals surface area contributed by atoms with E-state index in [1.807, 2.05) is 50.2 Å². The monoisotopic (exact) mass is 291 g/mol. The molecule has 20 heavy (non-hydrogen) atoms. The first-order valence-electron chi connectivity index (χ1n) is 6.42. The second-order valence-electron chi connectivity index (χ2n) is 4.91. The van der Waals surface area contributed by atoms with Crippen molar-refractivity contribution in [1.82, 2.24) is 9.78 Å². The van der Waals surface area contributed by atoms with Crippen molar-refractivity contribution in [3.8, 4) is 0 Å². The van der Waals surface area contributed by atoms with E-state index in [0.717, 1.165) is 23.4 Å². The molecule has 0 bridgehead atoms. The zero-order valence-electron chi connectivity index (χ0n) is 12.1. The molecular weight excluding hydrogens is 274 g/mol. The van der Waals surface area contributed by atoms with Crippen molar-refractivity contribution in [2.24, 2.45) is 7.05 Å². The van der Waals surface area contributed by atoms with E-state index in [4.69, 9.17) is 11.6 Å². The zero-order chi connectivity index (χ0) is 14.9. The van der Waals surface area contributed by atoms with Gasteiger partial charge in [0.05, 0.1) is 17.3 Å². The number of hydrogen-bond donors (Lipinski definition) is 0. The van der Waals surface area contributed by atoms with Gasteiger partial charge in [-0.15, -0.1) is 0 Å². The van der Waals surface area contributed by atoms with Gasteiger partial charge in [0.1, 0.15) is 5.82 Å². The van der Waals surface area contributed by atoms with Crippen LogP contribution in [0.15, 0.2) is 24.3 Å². The van der Waals surface area contributed by atoms with Crippen molar-refractivity contribution >= 4 is 23.7 Å². The predicted octanol–water partition coefficient (Wildman–Crippen LogP) is 3.39. The fraction of sp³-hybridized carbons (Fsp3) is 0.333. The molecule has 0 saturated heterocycles. The molecule has 0 saturated carbocycles. The number of anilines is 1. The van der Waals surface area contributed by atoms with E-state index in [1.54, 1.807) is 4.68 Å².